The number of nitrogens with zero attached hydrogens (tertiary/aromatic N) is 2. The molecule has 142 valence electrons. The van der Waals surface area contributed by atoms with E-state index in [4.69, 9.17) is 9.47 Å². The second-order valence-corrected chi connectivity index (χ2v) is 5.81. The van der Waals surface area contributed by atoms with Gasteiger partial charge >= 0.3 is 0 Å². The lowest BCUT2D eigenvalue weighted by molar-refractivity contribution is 0.402. The number of rotatable bonds is 8. The number of para-hydroxylation sites is 2. The Morgan fingerprint density at radius 2 is 1.04 bits per heavy atom. The van der Waals surface area contributed by atoms with Crippen molar-refractivity contribution < 1.29 is 9.47 Å². The van der Waals surface area contributed by atoms with Crippen LogP contribution in [0.1, 0.15) is 11.1 Å². The van der Waals surface area contributed by atoms with E-state index in [-0.39, 0.29) is 0 Å². The summed E-state index contributed by atoms with van der Waals surface area (Å²) in [6, 6.07) is 23.2. The van der Waals surface area contributed by atoms with Crippen LogP contribution < -0.4 is 20.3 Å². The average molecular weight is 374 g/mol. The molecule has 0 aliphatic heterocycles. The van der Waals surface area contributed by atoms with E-state index in [9.17, 15) is 0 Å². The average Bonchev–Trinajstić information content (AvgIpc) is 2.75. The fourth-order valence-electron chi connectivity index (χ4n) is 2.52. The molecule has 0 amide bonds. The van der Waals surface area contributed by atoms with Gasteiger partial charge in [-0.25, -0.2) is 0 Å². The Labute approximate surface area is 164 Å². The normalized spacial score (nSPS) is 10.9. The quantitative estimate of drug-likeness (QED) is 0.447. The van der Waals surface area contributed by atoms with Crippen LogP contribution in [-0.2, 0) is 0 Å². The Kier molecular flexibility index (Phi) is 6.62. The molecule has 0 spiro atoms. The van der Waals surface area contributed by atoms with E-state index in [0.717, 1.165) is 22.5 Å². The SMILES string of the molecule is COc1cc(/C=N\Nc2ccccc2)c(OC)cc1/C=N\Nc1ccccc1. The summed E-state index contributed by atoms with van der Waals surface area (Å²) in [6.45, 7) is 0. The summed E-state index contributed by atoms with van der Waals surface area (Å²) < 4.78 is 11.0. The van der Waals surface area contributed by atoms with Crippen LogP contribution in [0.3, 0.4) is 0 Å². The van der Waals surface area contributed by atoms with Gasteiger partial charge in [-0.1, -0.05) is 36.4 Å². The lowest BCUT2D eigenvalue weighted by atomic mass is 10.1. The molecule has 0 saturated carbocycles. The molecule has 28 heavy (non-hydrogen) atoms. The highest BCUT2D eigenvalue weighted by molar-refractivity contribution is 5.91. The second kappa shape index (κ2) is 9.78. The highest BCUT2D eigenvalue weighted by atomic mass is 16.5. The third kappa shape index (κ3) is 5.11. The van der Waals surface area contributed by atoms with Gasteiger partial charge in [0.1, 0.15) is 11.5 Å². The summed E-state index contributed by atoms with van der Waals surface area (Å²) in [6.07, 6.45) is 3.38. The van der Waals surface area contributed by atoms with Crippen molar-refractivity contribution in [3.8, 4) is 11.5 Å². The van der Waals surface area contributed by atoms with Gasteiger partial charge in [0.2, 0.25) is 0 Å². The van der Waals surface area contributed by atoms with Gasteiger partial charge in [0.25, 0.3) is 0 Å². The van der Waals surface area contributed by atoms with Crippen LogP contribution in [0, 0.1) is 0 Å². The molecule has 0 atom stereocenters. The molecule has 0 saturated heterocycles. The zero-order valence-corrected chi connectivity index (χ0v) is 15.8. The van der Waals surface area contributed by atoms with E-state index in [0.29, 0.717) is 11.5 Å². The molecular weight excluding hydrogens is 352 g/mol. The maximum atomic E-state index is 5.50. The number of ether oxygens (including phenoxy) is 2. The minimum absolute atomic E-state index is 0.667. The number of nitrogens with one attached hydrogen (secondary N) is 2. The summed E-state index contributed by atoms with van der Waals surface area (Å²) in [5.74, 6) is 1.33. The lowest BCUT2D eigenvalue weighted by Gasteiger charge is -2.10. The fraction of sp³-hybridized carbons (Fsp3) is 0.0909. The molecule has 6 nitrogen and oxygen atoms in total. The van der Waals surface area contributed by atoms with E-state index in [1.54, 1.807) is 26.6 Å². The van der Waals surface area contributed by atoms with Crippen molar-refractivity contribution in [2.75, 3.05) is 25.1 Å². The van der Waals surface area contributed by atoms with Crippen LogP contribution in [0.25, 0.3) is 0 Å². The number of methoxy groups -OCH3 is 2. The van der Waals surface area contributed by atoms with Crippen molar-refractivity contribution in [2.24, 2.45) is 10.2 Å². The van der Waals surface area contributed by atoms with Crippen LogP contribution in [0.4, 0.5) is 11.4 Å². The summed E-state index contributed by atoms with van der Waals surface area (Å²) in [7, 11) is 3.24. The topological polar surface area (TPSA) is 67.2 Å². The predicted molar refractivity (Wildman–Crippen MR) is 115 cm³/mol. The lowest BCUT2D eigenvalue weighted by Crippen LogP contribution is -1.99. The van der Waals surface area contributed by atoms with Gasteiger partial charge in [0, 0.05) is 11.1 Å². The molecule has 6 heteroatoms. The Morgan fingerprint density at radius 3 is 1.39 bits per heavy atom. The Morgan fingerprint density at radius 1 is 0.643 bits per heavy atom. The first-order valence-corrected chi connectivity index (χ1v) is 8.74. The van der Waals surface area contributed by atoms with Crippen molar-refractivity contribution in [3.05, 3.63) is 83.9 Å². The maximum absolute atomic E-state index is 5.50. The minimum Gasteiger partial charge on any atom is -0.496 e. The van der Waals surface area contributed by atoms with E-state index < -0.39 is 0 Å². The van der Waals surface area contributed by atoms with Gasteiger partial charge < -0.3 is 9.47 Å². The fourth-order valence-corrected chi connectivity index (χ4v) is 2.52. The van der Waals surface area contributed by atoms with Gasteiger partial charge in [-0.15, -0.1) is 0 Å². The van der Waals surface area contributed by atoms with E-state index in [1.165, 1.54) is 0 Å². The summed E-state index contributed by atoms with van der Waals surface area (Å²) in [4.78, 5) is 0. The molecule has 3 aromatic rings. The second-order valence-electron chi connectivity index (χ2n) is 5.81. The largest absolute Gasteiger partial charge is 0.496 e. The number of hydrogen-bond donors (Lipinski definition) is 2. The molecule has 3 rings (SSSR count). The number of anilines is 2. The van der Waals surface area contributed by atoms with E-state index in [1.807, 2.05) is 72.8 Å². The number of hydrogen-bond acceptors (Lipinski definition) is 6. The molecule has 0 bridgehead atoms. The molecule has 0 aromatic heterocycles. The van der Waals surface area contributed by atoms with E-state index in [2.05, 4.69) is 21.1 Å². The first-order chi connectivity index (χ1) is 13.8. The smallest absolute Gasteiger partial charge is 0.128 e. The maximum Gasteiger partial charge on any atom is 0.128 e. The minimum atomic E-state index is 0.667. The first-order valence-electron chi connectivity index (χ1n) is 8.74. The molecule has 0 radical (unpaired) electrons. The van der Waals surface area contributed by atoms with Crippen LogP contribution in [-0.4, -0.2) is 26.6 Å². The van der Waals surface area contributed by atoms with Crippen molar-refractivity contribution in [2.45, 2.75) is 0 Å². The standard InChI is InChI=1S/C22H22N4O2/c1-27-21-13-18(16-24-26-20-11-7-4-8-12-20)22(28-2)14-17(21)15-23-25-19-9-5-3-6-10-19/h3-16,25-26H,1-2H3/b23-15-,24-16-. The van der Waals surface area contributed by atoms with Crippen molar-refractivity contribution in [1.29, 1.82) is 0 Å². The number of benzene rings is 3. The van der Waals surface area contributed by atoms with E-state index >= 15 is 0 Å². The molecule has 0 aliphatic carbocycles. The highest BCUT2D eigenvalue weighted by Gasteiger charge is 2.09. The summed E-state index contributed by atoms with van der Waals surface area (Å²) in [5.41, 5.74) is 9.35. The molecule has 2 N–H and O–H groups in total. The van der Waals surface area contributed by atoms with Gasteiger partial charge in [-0.2, -0.15) is 10.2 Å². The van der Waals surface area contributed by atoms with Crippen LogP contribution in [0.5, 0.6) is 11.5 Å². The molecule has 0 heterocycles. The highest BCUT2D eigenvalue weighted by Crippen LogP contribution is 2.27. The molecular formula is C22H22N4O2. The molecule has 3 aromatic carbocycles. The Balaban J connectivity index is 1.77. The van der Waals surface area contributed by atoms with Crippen molar-refractivity contribution in [1.82, 2.24) is 0 Å². The third-order valence-corrected chi connectivity index (χ3v) is 3.92. The Hall–Kier alpha value is -3.80. The van der Waals surface area contributed by atoms with Gasteiger partial charge in [0.05, 0.1) is 38.0 Å². The summed E-state index contributed by atoms with van der Waals surface area (Å²) in [5, 5.41) is 8.54. The van der Waals surface area contributed by atoms with Crippen molar-refractivity contribution in [3.63, 3.8) is 0 Å². The monoisotopic (exact) mass is 374 g/mol. The van der Waals surface area contributed by atoms with Gasteiger partial charge in [0.15, 0.2) is 0 Å². The molecule has 0 aliphatic rings. The number of hydrazone groups is 2. The molecule has 0 fully saturated rings. The molecule has 0 unspecified atom stereocenters. The predicted octanol–water partition coefficient (Wildman–Crippen LogP) is 4.60. The van der Waals surface area contributed by atoms with Gasteiger partial charge in [-0.3, -0.25) is 10.9 Å². The van der Waals surface area contributed by atoms with Crippen LogP contribution >= 0.6 is 0 Å². The zero-order valence-electron chi connectivity index (χ0n) is 15.8. The van der Waals surface area contributed by atoms with Crippen molar-refractivity contribution >= 4 is 23.8 Å². The summed E-state index contributed by atoms with van der Waals surface area (Å²) >= 11 is 0. The van der Waals surface area contributed by atoms with Gasteiger partial charge in [-0.05, 0) is 36.4 Å². The zero-order chi connectivity index (χ0) is 19.6. The van der Waals surface area contributed by atoms with Crippen LogP contribution in [0.2, 0.25) is 0 Å². The Bertz CT molecular complexity index is 862. The first kappa shape index (κ1) is 19.0. The third-order valence-electron chi connectivity index (χ3n) is 3.92. The van der Waals surface area contributed by atoms with Crippen LogP contribution in [0.15, 0.2) is 83.0 Å².